The highest BCUT2D eigenvalue weighted by atomic mass is 15.3. The van der Waals surface area contributed by atoms with Crippen LogP contribution in [-0.4, -0.2) is 14.8 Å². The molecule has 2 aromatic heterocycles. The van der Waals surface area contributed by atoms with Crippen molar-refractivity contribution in [3.05, 3.63) is 72.2 Å². The maximum absolute atomic E-state index is 4.48. The molecule has 3 aromatic rings. The first-order chi connectivity index (χ1) is 9.34. The Morgan fingerprint density at radius 2 is 1.74 bits per heavy atom. The van der Waals surface area contributed by atoms with Crippen LogP contribution in [0.2, 0.25) is 0 Å². The van der Waals surface area contributed by atoms with Crippen LogP contribution >= 0.6 is 0 Å². The Morgan fingerprint density at radius 3 is 2.47 bits per heavy atom. The Kier molecular flexibility index (Phi) is 3.11. The van der Waals surface area contributed by atoms with Crippen LogP contribution in [0.15, 0.2) is 61.1 Å². The summed E-state index contributed by atoms with van der Waals surface area (Å²) in [5.74, 6) is 0. The largest absolute Gasteiger partial charge is 0.265 e. The fourth-order valence-electron chi connectivity index (χ4n) is 2.24. The van der Waals surface area contributed by atoms with Crippen molar-refractivity contribution in [2.75, 3.05) is 0 Å². The van der Waals surface area contributed by atoms with Gasteiger partial charge in [0.2, 0.25) is 0 Å². The van der Waals surface area contributed by atoms with E-state index in [0.717, 1.165) is 17.8 Å². The maximum Gasteiger partial charge on any atom is 0.0716 e. The van der Waals surface area contributed by atoms with Gasteiger partial charge in [-0.3, -0.25) is 9.67 Å². The van der Waals surface area contributed by atoms with Crippen LogP contribution in [0.1, 0.15) is 11.1 Å². The van der Waals surface area contributed by atoms with E-state index in [1.807, 2.05) is 41.5 Å². The fourth-order valence-corrected chi connectivity index (χ4v) is 2.24. The van der Waals surface area contributed by atoms with Gasteiger partial charge >= 0.3 is 0 Å². The lowest BCUT2D eigenvalue weighted by Crippen LogP contribution is -2.03. The molecule has 19 heavy (non-hydrogen) atoms. The van der Waals surface area contributed by atoms with Crippen molar-refractivity contribution in [1.82, 2.24) is 14.8 Å². The molecule has 0 bridgehead atoms. The van der Waals surface area contributed by atoms with Gasteiger partial charge in [-0.25, -0.2) is 0 Å². The van der Waals surface area contributed by atoms with Gasteiger partial charge in [-0.1, -0.05) is 30.3 Å². The first kappa shape index (κ1) is 11.7. The molecule has 0 saturated heterocycles. The summed E-state index contributed by atoms with van der Waals surface area (Å²) in [4.78, 5) is 4.07. The summed E-state index contributed by atoms with van der Waals surface area (Å²) < 4.78 is 2.04. The number of hydrogen-bond acceptors (Lipinski definition) is 2. The van der Waals surface area contributed by atoms with E-state index >= 15 is 0 Å². The Labute approximate surface area is 112 Å². The summed E-state index contributed by atoms with van der Waals surface area (Å²) in [5.41, 5.74) is 4.75. The van der Waals surface area contributed by atoms with Gasteiger partial charge in [-0.15, -0.1) is 0 Å². The van der Waals surface area contributed by atoms with E-state index in [0.29, 0.717) is 0 Å². The molecule has 3 heteroatoms. The van der Waals surface area contributed by atoms with Crippen molar-refractivity contribution in [2.24, 2.45) is 0 Å². The van der Waals surface area contributed by atoms with Crippen LogP contribution in [0.3, 0.4) is 0 Å². The van der Waals surface area contributed by atoms with E-state index in [2.05, 4.69) is 41.3 Å². The highest BCUT2D eigenvalue weighted by Gasteiger charge is 2.09. The average molecular weight is 249 g/mol. The fraction of sp³-hybridized carbons (Fsp3) is 0.125. The first-order valence-corrected chi connectivity index (χ1v) is 6.31. The molecule has 0 aliphatic carbocycles. The Hall–Kier alpha value is -2.42. The van der Waals surface area contributed by atoms with Crippen molar-refractivity contribution >= 4 is 0 Å². The van der Waals surface area contributed by atoms with Crippen molar-refractivity contribution < 1.29 is 0 Å². The van der Waals surface area contributed by atoms with E-state index < -0.39 is 0 Å². The van der Waals surface area contributed by atoms with Gasteiger partial charge in [0.05, 0.1) is 18.4 Å². The second kappa shape index (κ2) is 5.06. The van der Waals surface area contributed by atoms with Crippen LogP contribution in [0.25, 0.3) is 11.3 Å². The molecule has 3 nitrogen and oxygen atoms in total. The topological polar surface area (TPSA) is 30.7 Å². The van der Waals surface area contributed by atoms with Gasteiger partial charge in [-0.2, -0.15) is 5.10 Å². The third-order valence-corrected chi connectivity index (χ3v) is 3.15. The lowest BCUT2D eigenvalue weighted by molar-refractivity contribution is 0.694. The smallest absolute Gasteiger partial charge is 0.0716 e. The zero-order valence-electron chi connectivity index (χ0n) is 10.8. The monoisotopic (exact) mass is 249 g/mol. The molecule has 3 rings (SSSR count). The number of nitrogens with zero attached hydrogens (tertiary/aromatic N) is 3. The predicted molar refractivity (Wildman–Crippen MR) is 75.7 cm³/mol. The second-order valence-electron chi connectivity index (χ2n) is 4.56. The van der Waals surface area contributed by atoms with Gasteiger partial charge in [0.25, 0.3) is 0 Å². The van der Waals surface area contributed by atoms with Crippen LogP contribution in [0, 0.1) is 6.92 Å². The van der Waals surface area contributed by atoms with E-state index in [-0.39, 0.29) is 0 Å². The Morgan fingerprint density at radius 1 is 1.00 bits per heavy atom. The van der Waals surface area contributed by atoms with Gasteiger partial charge in [-0.05, 0) is 30.2 Å². The standard InChI is InChI=1S/C16H15N3/c1-13-11-18-19(12-14-5-3-2-4-6-14)16(13)15-7-9-17-10-8-15/h2-11H,12H2,1H3. The number of rotatable bonds is 3. The summed E-state index contributed by atoms with van der Waals surface area (Å²) in [6, 6.07) is 14.4. The average Bonchev–Trinajstić information content (AvgIpc) is 2.82. The van der Waals surface area contributed by atoms with E-state index in [4.69, 9.17) is 0 Å². The molecule has 0 saturated carbocycles. The zero-order chi connectivity index (χ0) is 13.1. The molecule has 0 fully saturated rings. The summed E-state index contributed by atoms with van der Waals surface area (Å²) >= 11 is 0. The molecule has 2 heterocycles. The molecule has 0 aliphatic heterocycles. The number of benzene rings is 1. The highest BCUT2D eigenvalue weighted by Crippen LogP contribution is 2.23. The molecule has 0 N–H and O–H groups in total. The number of pyridine rings is 1. The minimum absolute atomic E-state index is 0.784. The van der Waals surface area contributed by atoms with Crippen molar-refractivity contribution in [2.45, 2.75) is 13.5 Å². The summed E-state index contributed by atoms with van der Waals surface area (Å²) in [6.07, 6.45) is 5.54. The van der Waals surface area contributed by atoms with Gasteiger partial charge in [0.1, 0.15) is 0 Å². The minimum Gasteiger partial charge on any atom is -0.265 e. The third-order valence-electron chi connectivity index (χ3n) is 3.15. The molecule has 0 aliphatic rings. The van der Waals surface area contributed by atoms with Gasteiger partial charge in [0.15, 0.2) is 0 Å². The summed E-state index contributed by atoms with van der Waals surface area (Å²) in [6.45, 7) is 2.87. The van der Waals surface area contributed by atoms with Crippen molar-refractivity contribution in [3.63, 3.8) is 0 Å². The molecule has 0 unspecified atom stereocenters. The first-order valence-electron chi connectivity index (χ1n) is 6.31. The summed E-state index contributed by atoms with van der Waals surface area (Å²) in [7, 11) is 0. The normalized spacial score (nSPS) is 10.6. The molecule has 0 atom stereocenters. The lowest BCUT2D eigenvalue weighted by Gasteiger charge is -2.08. The molecule has 94 valence electrons. The van der Waals surface area contributed by atoms with Crippen LogP contribution in [0.5, 0.6) is 0 Å². The van der Waals surface area contributed by atoms with Crippen molar-refractivity contribution in [3.8, 4) is 11.3 Å². The third kappa shape index (κ3) is 2.40. The van der Waals surface area contributed by atoms with Crippen LogP contribution < -0.4 is 0 Å². The predicted octanol–water partition coefficient (Wildman–Crippen LogP) is 3.30. The minimum atomic E-state index is 0.784. The molecule has 0 amide bonds. The van der Waals surface area contributed by atoms with E-state index in [9.17, 15) is 0 Å². The van der Waals surface area contributed by atoms with Gasteiger partial charge in [0, 0.05) is 18.0 Å². The Balaban J connectivity index is 2.00. The van der Waals surface area contributed by atoms with E-state index in [1.165, 1.54) is 11.1 Å². The molecule has 1 aromatic carbocycles. The molecular weight excluding hydrogens is 234 g/mol. The number of hydrogen-bond donors (Lipinski definition) is 0. The van der Waals surface area contributed by atoms with Crippen LogP contribution in [0.4, 0.5) is 0 Å². The van der Waals surface area contributed by atoms with Crippen LogP contribution in [-0.2, 0) is 6.54 Å². The Bertz CT molecular complexity index is 657. The maximum atomic E-state index is 4.48. The number of aromatic nitrogens is 3. The second-order valence-corrected chi connectivity index (χ2v) is 4.56. The SMILES string of the molecule is Cc1cnn(Cc2ccccc2)c1-c1ccncc1. The zero-order valence-corrected chi connectivity index (χ0v) is 10.8. The summed E-state index contributed by atoms with van der Waals surface area (Å²) in [5, 5.41) is 4.48. The van der Waals surface area contributed by atoms with E-state index in [1.54, 1.807) is 0 Å². The van der Waals surface area contributed by atoms with Crippen molar-refractivity contribution in [1.29, 1.82) is 0 Å². The quantitative estimate of drug-likeness (QED) is 0.713. The molecular formula is C16H15N3. The highest BCUT2D eigenvalue weighted by molar-refractivity contribution is 5.62. The lowest BCUT2D eigenvalue weighted by atomic mass is 10.1. The van der Waals surface area contributed by atoms with Gasteiger partial charge < -0.3 is 0 Å². The molecule has 0 radical (unpaired) electrons. The number of aryl methyl sites for hydroxylation is 1. The molecule has 0 spiro atoms.